The van der Waals surface area contributed by atoms with Crippen molar-refractivity contribution in [1.29, 1.82) is 0 Å². The normalized spacial score (nSPS) is 20.7. The van der Waals surface area contributed by atoms with E-state index in [0.29, 0.717) is 26.1 Å². The average Bonchev–Trinajstić information content (AvgIpc) is 2.87. The molecule has 1 heterocycles. The van der Waals surface area contributed by atoms with Crippen molar-refractivity contribution in [1.82, 2.24) is 4.90 Å². The number of hydrogen-bond donors (Lipinski definition) is 0. The molecule has 3 aliphatic rings. The van der Waals surface area contributed by atoms with Gasteiger partial charge in [-0.1, -0.05) is 76.2 Å². The first-order chi connectivity index (χ1) is 18.6. The summed E-state index contributed by atoms with van der Waals surface area (Å²) in [6, 6.07) is 18.1. The monoisotopic (exact) mass is 527 g/mol. The quantitative estimate of drug-likeness (QED) is 0.347. The molecule has 0 N–H and O–H groups in total. The number of hydrogen-bond acceptors (Lipinski definition) is 5. The molecule has 5 nitrogen and oxygen atoms in total. The van der Waals surface area contributed by atoms with Gasteiger partial charge in [-0.15, -0.1) is 0 Å². The molecule has 0 saturated heterocycles. The Balaban J connectivity index is 1.67. The molecule has 0 radical (unpaired) electrons. The standard InChI is InChI=1S/C34H41NO4/c1-33(2)18-25-31(27(36)20-33)30(24-14-9-10-15-29(24)39-22-23-12-7-6-8-13-23)32-26(35(25)16-11-17-38-5)19-34(3,4)21-28(32)37/h6-10,12-15,30H,11,16-22H2,1-5H3. The highest BCUT2D eigenvalue weighted by atomic mass is 16.5. The summed E-state index contributed by atoms with van der Waals surface area (Å²) in [7, 11) is 1.72. The van der Waals surface area contributed by atoms with Crippen LogP contribution in [0.1, 0.15) is 76.8 Å². The first kappa shape index (κ1) is 27.4. The highest BCUT2D eigenvalue weighted by Gasteiger charge is 2.49. The molecule has 2 aliphatic carbocycles. The molecule has 0 atom stereocenters. The molecule has 5 heteroatoms. The van der Waals surface area contributed by atoms with Gasteiger partial charge in [-0.2, -0.15) is 0 Å². The maximum absolute atomic E-state index is 14.0. The van der Waals surface area contributed by atoms with Crippen LogP contribution in [0.5, 0.6) is 5.75 Å². The van der Waals surface area contributed by atoms with E-state index in [1.807, 2.05) is 54.6 Å². The lowest BCUT2D eigenvalue weighted by Crippen LogP contribution is -2.44. The fourth-order valence-electron chi connectivity index (χ4n) is 6.58. The van der Waals surface area contributed by atoms with Crippen LogP contribution < -0.4 is 4.74 Å². The highest BCUT2D eigenvalue weighted by molar-refractivity contribution is 6.07. The number of para-hydroxylation sites is 1. The number of carbonyl (C=O) groups excluding carboxylic acids is 2. The smallest absolute Gasteiger partial charge is 0.162 e. The number of rotatable bonds is 8. The number of allylic oxidation sites excluding steroid dienone is 4. The van der Waals surface area contributed by atoms with Gasteiger partial charge in [0.15, 0.2) is 11.6 Å². The van der Waals surface area contributed by atoms with Crippen molar-refractivity contribution >= 4 is 11.6 Å². The Morgan fingerprint density at radius 2 is 1.36 bits per heavy atom. The maximum Gasteiger partial charge on any atom is 0.162 e. The number of ketones is 2. The van der Waals surface area contributed by atoms with Crippen LogP contribution in [0.2, 0.25) is 0 Å². The Labute approximate surface area is 232 Å². The van der Waals surface area contributed by atoms with Crippen LogP contribution >= 0.6 is 0 Å². The fourth-order valence-corrected chi connectivity index (χ4v) is 6.58. The van der Waals surface area contributed by atoms with Crippen molar-refractivity contribution in [3.05, 3.63) is 88.3 Å². The van der Waals surface area contributed by atoms with Gasteiger partial charge in [0.1, 0.15) is 12.4 Å². The van der Waals surface area contributed by atoms with Crippen LogP contribution in [-0.2, 0) is 20.9 Å². The summed E-state index contributed by atoms with van der Waals surface area (Å²) in [5.74, 6) is 0.607. The Kier molecular flexibility index (Phi) is 7.56. The van der Waals surface area contributed by atoms with Crippen LogP contribution in [0.15, 0.2) is 77.1 Å². The van der Waals surface area contributed by atoms with Gasteiger partial charge in [0.2, 0.25) is 0 Å². The number of nitrogens with zero attached hydrogens (tertiary/aromatic N) is 1. The first-order valence-corrected chi connectivity index (χ1v) is 14.1. The van der Waals surface area contributed by atoms with Crippen molar-refractivity contribution < 1.29 is 19.1 Å². The molecule has 0 fully saturated rings. The number of Topliss-reactive ketones (excluding diaryl/α,β-unsaturated/α-hetero) is 2. The van der Waals surface area contributed by atoms with E-state index >= 15 is 0 Å². The average molecular weight is 528 g/mol. The molecule has 1 aliphatic heterocycles. The van der Waals surface area contributed by atoms with Gasteiger partial charge in [-0.3, -0.25) is 9.59 Å². The van der Waals surface area contributed by atoms with Crippen LogP contribution in [0, 0.1) is 10.8 Å². The van der Waals surface area contributed by atoms with Gasteiger partial charge in [0, 0.05) is 67.1 Å². The third-order valence-corrected chi connectivity index (χ3v) is 8.22. The predicted octanol–water partition coefficient (Wildman–Crippen LogP) is 6.99. The molecule has 39 heavy (non-hydrogen) atoms. The number of benzene rings is 2. The summed E-state index contributed by atoms with van der Waals surface area (Å²) < 4.78 is 11.8. The minimum atomic E-state index is -0.409. The fraction of sp³-hybridized carbons (Fsp3) is 0.471. The second-order valence-electron chi connectivity index (χ2n) is 12.8. The molecule has 0 bridgehead atoms. The van der Waals surface area contributed by atoms with Crippen molar-refractivity contribution in [3.8, 4) is 5.75 Å². The summed E-state index contributed by atoms with van der Waals surface area (Å²) >= 11 is 0. The van der Waals surface area contributed by atoms with Gasteiger partial charge >= 0.3 is 0 Å². The minimum absolute atomic E-state index is 0.143. The van der Waals surface area contributed by atoms with E-state index in [4.69, 9.17) is 9.47 Å². The van der Waals surface area contributed by atoms with E-state index in [-0.39, 0.29) is 22.4 Å². The molecular formula is C34H41NO4. The molecule has 0 spiro atoms. The molecule has 2 aromatic rings. The Morgan fingerprint density at radius 3 is 1.95 bits per heavy atom. The number of carbonyl (C=O) groups is 2. The van der Waals surface area contributed by atoms with Crippen LogP contribution in [0.4, 0.5) is 0 Å². The molecular weight excluding hydrogens is 486 g/mol. The molecule has 5 rings (SSSR count). The zero-order valence-corrected chi connectivity index (χ0v) is 24.0. The lowest BCUT2D eigenvalue weighted by molar-refractivity contribution is -0.119. The Bertz CT molecular complexity index is 1260. The van der Waals surface area contributed by atoms with Gasteiger partial charge < -0.3 is 14.4 Å². The summed E-state index contributed by atoms with van der Waals surface area (Å²) in [6.07, 6.45) is 3.38. The molecule has 0 saturated carbocycles. The molecule has 0 unspecified atom stereocenters. The zero-order valence-electron chi connectivity index (χ0n) is 24.0. The SMILES string of the molecule is COCCCN1C2=C(C(=O)CC(C)(C)C2)C(c2ccccc2OCc2ccccc2)C2=C1CC(C)(C)CC2=O. The van der Waals surface area contributed by atoms with E-state index < -0.39 is 5.92 Å². The molecule has 0 aromatic heterocycles. The van der Waals surface area contributed by atoms with E-state index in [1.165, 1.54) is 0 Å². The second-order valence-corrected chi connectivity index (χ2v) is 12.8. The molecule has 0 amide bonds. The van der Waals surface area contributed by atoms with Gasteiger partial charge in [0.05, 0.1) is 0 Å². The highest BCUT2D eigenvalue weighted by Crippen LogP contribution is 2.55. The lowest BCUT2D eigenvalue weighted by atomic mass is 9.63. The van der Waals surface area contributed by atoms with Gasteiger partial charge in [0.25, 0.3) is 0 Å². The Hall–Kier alpha value is -3.18. The third-order valence-electron chi connectivity index (χ3n) is 8.22. The molecule has 206 valence electrons. The van der Waals surface area contributed by atoms with E-state index in [0.717, 1.165) is 65.2 Å². The number of methoxy groups -OCH3 is 1. The summed E-state index contributed by atoms with van der Waals surface area (Å²) in [6.45, 7) is 10.5. The number of ether oxygens (including phenoxy) is 2. The molecule has 2 aromatic carbocycles. The van der Waals surface area contributed by atoms with Crippen LogP contribution in [0.25, 0.3) is 0 Å². The van der Waals surface area contributed by atoms with Crippen LogP contribution in [0.3, 0.4) is 0 Å². The predicted molar refractivity (Wildman–Crippen MR) is 153 cm³/mol. The third kappa shape index (κ3) is 5.60. The summed E-state index contributed by atoms with van der Waals surface area (Å²) in [5.41, 5.74) is 5.44. The lowest BCUT2D eigenvalue weighted by Gasteiger charge is -2.49. The topological polar surface area (TPSA) is 55.8 Å². The van der Waals surface area contributed by atoms with Gasteiger partial charge in [-0.05, 0) is 41.7 Å². The first-order valence-electron chi connectivity index (χ1n) is 14.1. The largest absolute Gasteiger partial charge is 0.489 e. The second kappa shape index (κ2) is 10.8. The van der Waals surface area contributed by atoms with Crippen molar-refractivity contribution in [2.45, 2.75) is 72.3 Å². The van der Waals surface area contributed by atoms with E-state index in [2.05, 4.69) is 32.6 Å². The summed E-state index contributed by atoms with van der Waals surface area (Å²) in [5, 5.41) is 0. The van der Waals surface area contributed by atoms with Crippen LogP contribution in [-0.4, -0.2) is 36.7 Å². The Morgan fingerprint density at radius 1 is 0.795 bits per heavy atom. The minimum Gasteiger partial charge on any atom is -0.489 e. The van der Waals surface area contributed by atoms with Crippen molar-refractivity contribution in [2.24, 2.45) is 10.8 Å². The van der Waals surface area contributed by atoms with E-state index in [1.54, 1.807) is 7.11 Å². The van der Waals surface area contributed by atoms with E-state index in [9.17, 15) is 9.59 Å². The zero-order chi connectivity index (χ0) is 27.8. The maximum atomic E-state index is 14.0. The summed E-state index contributed by atoms with van der Waals surface area (Å²) in [4.78, 5) is 30.4. The van der Waals surface area contributed by atoms with Crippen molar-refractivity contribution in [3.63, 3.8) is 0 Å². The van der Waals surface area contributed by atoms with Gasteiger partial charge in [-0.25, -0.2) is 0 Å². The van der Waals surface area contributed by atoms with Crippen molar-refractivity contribution in [2.75, 3.05) is 20.3 Å².